The van der Waals surface area contributed by atoms with E-state index in [9.17, 15) is 14.4 Å². The number of hydrogen-bond acceptors (Lipinski definition) is 4. The smallest absolute Gasteiger partial charge is 0.256 e. The van der Waals surface area contributed by atoms with E-state index < -0.39 is 11.7 Å². The molecule has 7 heteroatoms. The summed E-state index contributed by atoms with van der Waals surface area (Å²) in [5.41, 5.74) is 3.05. The van der Waals surface area contributed by atoms with Crippen LogP contribution in [0.4, 0.5) is 10.2 Å². The summed E-state index contributed by atoms with van der Waals surface area (Å²) in [6, 6.07) is 15.1. The molecule has 6 nitrogen and oxygen atoms in total. The fourth-order valence-corrected chi connectivity index (χ4v) is 4.07. The normalized spacial score (nSPS) is 12.1. The van der Waals surface area contributed by atoms with Crippen LogP contribution in [0.15, 0.2) is 48.5 Å². The van der Waals surface area contributed by atoms with E-state index in [1.807, 2.05) is 28.8 Å². The van der Waals surface area contributed by atoms with Crippen molar-refractivity contribution in [3.05, 3.63) is 65.5 Å². The predicted octanol–water partition coefficient (Wildman–Crippen LogP) is 6.06. The lowest BCUT2D eigenvalue weighted by atomic mass is 9.99. The lowest BCUT2D eigenvalue weighted by molar-refractivity contribution is 0.102. The summed E-state index contributed by atoms with van der Waals surface area (Å²) >= 11 is 0. The molecule has 0 saturated heterocycles. The number of benzene rings is 2. The number of unbranched alkanes of at least 4 members (excludes halogenated alkanes) is 1. The van der Waals surface area contributed by atoms with E-state index in [0.717, 1.165) is 31.2 Å². The summed E-state index contributed by atoms with van der Waals surface area (Å²) in [6.07, 6.45) is 4.22. The molecular weight excluding hydrogens is 417 g/mol. The Morgan fingerprint density at radius 3 is 2.45 bits per heavy atom. The van der Waals surface area contributed by atoms with Crippen molar-refractivity contribution in [3.63, 3.8) is 0 Å². The third kappa shape index (κ3) is 4.56. The molecular formula is C26H26FN5O. The number of carbonyl (C=O) groups excluding carboxylic acids is 1. The molecule has 1 atom stereocenters. The number of rotatable bonds is 8. The van der Waals surface area contributed by atoms with E-state index in [-0.39, 0.29) is 5.56 Å². The molecule has 2 heterocycles. The maximum absolute atomic E-state index is 13.3. The van der Waals surface area contributed by atoms with Crippen LogP contribution in [-0.2, 0) is 6.54 Å². The second-order valence-corrected chi connectivity index (χ2v) is 8.21. The number of nitrogens with zero attached hydrogens (tertiary/aromatic N) is 4. The fraction of sp³-hybridized carbons (Fsp3) is 0.308. The highest BCUT2D eigenvalue weighted by Gasteiger charge is 2.24. The van der Waals surface area contributed by atoms with Crippen LogP contribution >= 0.6 is 0 Å². The quantitative estimate of drug-likeness (QED) is 0.358. The number of anilines is 1. The average molecular weight is 444 g/mol. The van der Waals surface area contributed by atoms with Crippen molar-refractivity contribution in [2.75, 3.05) is 5.32 Å². The number of nitrogens with one attached hydrogen (secondary N) is 1. The van der Waals surface area contributed by atoms with Crippen molar-refractivity contribution in [1.82, 2.24) is 14.5 Å². The van der Waals surface area contributed by atoms with Crippen LogP contribution in [0.2, 0.25) is 0 Å². The summed E-state index contributed by atoms with van der Waals surface area (Å²) in [7, 11) is 0. The highest BCUT2D eigenvalue weighted by atomic mass is 19.1. The Balaban J connectivity index is 1.86. The number of para-hydroxylation sites is 2. The van der Waals surface area contributed by atoms with Gasteiger partial charge in [-0.2, -0.15) is 5.26 Å². The highest BCUT2D eigenvalue weighted by molar-refractivity contribution is 6.06. The molecule has 0 radical (unpaired) electrons. The SMILES string of the molecule is CCCCC(CC)Cn1c(NC(=O)c2ccc(F)cc2)c(C#N)c2nc3ccccc3nc21. The van der Waals surface area contributed by atoms with E-state index in [2.05, 4.69) is 25.2 Å². The molecule has 0 aliphatic heterocycles. The second kappa shape index (κ2) is 9.78. The van der Waals surface area contributed by atoms with Crippen LogP contribution in [0.5, 0.6) is 0 Å². The number of amides is 1. The first-order valence-corrected chi connectivity index (χ1v) is 11.3. The van der Waals surface area contributed by atoms with Crippen LogP contribution in [0.3, 0.4) is 0 Å². The molecule has 2 aromatic carbocycles. The van der Waals surface area contributed by atoms with Crippen LogP contribution in [-0.4, -0.2) is 20.4 Å². The molecule has 1 N–H and O–H groups in total. The van der Waals surface area contributed by atoms with Gasteiger partial charge in [-0.3, -0.25) is 4.79 Å². The van der Waals surface area contributed by atoms with Gasteiger partial charge in [0.15, 0.2) is 5.65 Å². The van der Waals surface area contributed by atoms with Crippen LogP contribution < -0.4 is 5.32 Å². The Labute approximate surface area is 192 Å². The maximum Gasteiger partial charge on any atom is 0.256 e. The Morgan fingerprint density at radius 1 is 1.12 bits per heavy atom. The first kappa shape index (κ1) is 22.4. The zero-order valence-corrected chi connectivity index (χ0v) is 18.8. The average Bonchev–Trinajstić information content (AvgIpc) is 3.11. The van der Waals surface area contributed by atoms with Gasteiger partial charge in [0, 0.05) is 12.1 Å². The van der Waals surface area contributed by atoms with Gasteiger partial charge in [-0.25, -0.2) is 14.4 Å². The Hall–Kier alpha value is -3.79. The molecule has 1 amide bonds. The van der Waals surface area contributed by atoms with E-state index in [1.165, 1.54) is 24.3 Å². The van der Waals surface area contributed by atoms with Crippen molar-refractivity contribution in [1.29, 1.82) is 5.26 Å². The molecule has 0 fully saturated rings. The molecule has 0 bridgehead atoms. The van der Waals surface area contributed by atoms with Gasteiger partial charge in [0.25, 0.3) is 5.91 Å². The molecule has 2 aromatic heterocycles. The first-order chi connectivity index (χ1) is 16.0. The second-order valence-electron chi connectivity index (χ2n) is 8.21. The highest BCUT2D eigenvalue weighted by Crippen LogP contribution is 2.31. The van der Waals surface area contributed by atoms with E-state index >= 15 is 0 Å². The van der Waals surface area contributed by atoms with Crippen LogP contribution in [0, 0.1) is 23.1 Å². The summed E-state index contributed by atoms with van der Waals surface area (Å²) in [6.45, 7) is 4.92. The van der Waals surface area contributed by atoms with Crippen LogP contribution in [0.25, 0.3) is 22.2 Å². The number of aromatic nitrogens is 3. The maximum atomic E-state index is 13.3. The van der Waals surface area contributed by atoms with Gasteiger partial charge >= 0.3 is 0 Å². The first-order valence-electron chi connectivity index (χ1n) is 11.3. The number of hydrogen-bond donors (Lipinski definition) is 1. The minimum atomic E-state index is -0.417. The summed E-state index contributed by atoms with van der Waals surface area (Å²) < 4.78 is 15.2. The lowest BCUT2D eigenvalue weighted by Crippen LogP contribution is -2.18. The predicted molar refractivity (Wildman–Crippen MR) is 127 cm³/mol. The van der Waals surface area contributed by atoms with Gasteiger partial charge in [-0.05, 0) is 48.7 Å². The number of halogens is 1. The van der Waals surface area contributed by atoms with Crippen molar-refractivity contribution in [2.24, 2.45) is 5.92 Å². The van der Waals surface area contributed by atoms with E-state index in [0.29, 0.717) is 40.5 Å². The van der Waals surface area contributed by atoms with Gasteiger partial charge in [0.05, 0.1) is 11.0 Å². The number of nitriles is 1. The topological polar surface area (TPSA) is 83.6 Å². The summed E-state index contributed by atoms with van der Waals surface area (Å²) in [4.78, 5) is 22.5. The lowest BCUT2D eigenvalue weighted by Gasteiger charge is -2.18. The molecule has 4 rings (SSSR count). The monoisotopic (exact) mass is 443 g/mol. The molecule has 0 spiro atoms. The largest absolute Gasteiger partial charge is 0.309 e. The van der Waals surface area contributed by atoms with E-state index in [4.69, 9.17) is 9.97 Å². The zero-order valence-electron chi connectivity index (χ0n) is 18.8. The Morgan fingerprint density at radius 2 is 1.82 bits per heavy atom. The van der Waals surface area contributed by atoms with Crippen molar-refractivity contribution < 1.29 is 9.18 Å². The molecule has 168 valence electrons. The molecule has 33 heavy (non-hydrogen) atoms. The molecule has 0 aliphatic carbocycles. The Kier molecular flexibility index (Phi) is 6.64. The third-order valence-corrected chi connectivity index (χ3v) is 5.99. The van der Waals surface area contributed by atoms with Crippen molar-refractivity contribution in [3.8, 4) is 6.07 Å². The van der Waals surface area contributed by atoms with Gasteiger partial charge in [-0.1, -0.05) is 45.2 Å². The van der Waals surface area contributed by atoms with E-state index in [1.54, 1.807) is 0 Å². The number of fused-ring (bicyclic) bond motifs is 2. The molecule has 4 aromatic rings. The van der Waals surface area contributed by atoms with Gasteiger partial charge < -0.3 is 9.88 Å². The van der Waals surface area contributed by atoms with Crippen molar-refractivity contribution in [2.45, 2.75) is 46.1 Å². The standard InChI is InChI=1S/C26H26FN5O/c1-3-5-8-17(4-2)16-32-24(31-26(33)18-11-13-19(27)14-12-18)20(15-28)23-25(32)30-22-10-7-6-9-21(22)29-23/h6-7,9-14,17H,3-5,8,16H2,1-2H3,(H,31,33). The molecule has 0 aliphatic rings. The van der Waals surface area contributed by atoms with Crippen LogP contribution in [0.1, 0.15) is 55.5 Å². The summed E-state index contributed by atoms with van der Waals surface area (Å²) in [5, 5.41) is 12.9. The van der Waals surface area contributed by atoms with Gasteiger partial charge in [0.2, 0.25) is 0 Å². The Bertz CT molecular complexity index is 1340. The summed E-state index contributed by atoms with van der Waals surface area (Å²) in [5.74, 6) is -0.0872. The van der Waals surface area contributed by atoms with Crippen molar-refractivity contribution >= 4 is 33.9 Å². The molecule has 0 saturated carbocycles. The molecule has 1 unspecified atom stereocenters. The fourth-order valence-electron chi connectivity index (χ4n) is 4.07. The zero-order chi connectivity index (χ0) is 23.4. The number of carbonyl (C=O) groups is 1. The minimum Gasteiger partial charge on any atom is -0.309 e. The third-order valence-electron chi connectivity index (χ3n) is 5.99. The van der Waals surface area contributed by atoms with Gasteiger partial charge in [-0.15, -0.1) is 0 Å². The van der Waals surface area contributed by atoms with Gasteiger partial charge in [0.1, 0.15) is 28.8 Å². The minimum absolute atomic E-state index is 0.282.